The largest absolute Gasteiger partial charge is 0.308 e. The molecule has 3 rings (SSSR count). The van der Waals surface area contributed by atoms with Crippen LogP contribution in [0.1, 0.15) is 24.6 Å². The van der Waals surface area contributed by atoms with E-state index in [-0.39, 0.29) is 4.90 Å². The number of nitrogens with two attached hydrogens (primary N) is 1. The summed E-state index contributed by atoms with van der Waals surface area (Å²) in [6, 6.07) is 4.94. The van der Waals surface area contributed by atoms with Gasteiger partial charge in [0.25, 0.3) is 0 Å². The number of nitrogens with one attached hydrogen (secondary N) is 1. The molecule has 0 spiro atoms. The highest BCUT2D eigenvalue weighted by Crippen LogP contribution is 2.40. The van der Waals surface area contributed by atoms with E-state index in [9.17, 15) is 8.78 Å². The molecular formula is C13H12F2N4S. The maximum absolute atomic E-state index is 13.6. The molecule has 1 fully saturated rings. The smallest absolute Gasteiger partial charge is 0.144 e. The van der Waals surface area contributed by atoms with Crippen LogP contribution in [0.3, 0.4) is 0 Å². The summed E-state index contributed by atoms with van der Waals surface area (Å²) in [5.41, 5.74) is 2.47. The minimum absolute atomic E-state index is 0.188. The summed E-state index contributed by atoms with van der Waals surface area (Å²) < 4.78 is 26.8. The van der Waals surface area contributed by atoms with E-state index in [4.69, 9.17) is 5.84 Å². The number of nitrogens with zero attached hydrogens (tertiary/aromatic N) is 2. The number of hydrazine groups is 1. The first kappa shape index (κ1) is 13.3. The van der Waals surface area contributed by atoms with Crippen molar-refractivity contribution >= 4 is 17.6 Å². The summed E-state index contributed by atoms with van der Waals surface area (Å²) >= 11 is 1.06. The van der Waals surface area contributed by atoms with Gasteiger partial charge in [0, 0.05) is 12.0 Å². The Morgan fingerprint density at radius 1 is 1.20 bits per heavy atom. The van der Waals surface area contributed by atoms with Crippen molar-refractivity contribution in [2.45, 2.75) is 28.7 Å². The minimum atomic E-state index is -0.484. The third-order valence-corrected chi connectivity index (χ3v) is 3.87. The lowest BCUT2D eigenvalue weighted by Crippen LogP contribution is -2.10. The Morgan fingerprint density at radius 2 is 2.00 bits per heavy atom. The molecule has 1 heterocycles. The molecule has 1 aliphatic carbocycles. The zero-order valence-corrected chi connectivity index (χ0v) is 11.3. The summed E-state index contributed by atoms with van der Waals surface area (Å²) in [6.07, 6.45) is 2.10. The highest BCUT2D eigenvalue weighted by molar-refractivity contribution is 7.99. The van der Waals surface area contributed by atoms with Crippen LogP contribution >= 0.6 is 11.8 Å². The molecule has 1 aromatic carbocycles. The Morgan fingerprint density at radius 3 is 2.70 bits per heavy atom. The third-order valence-electron chi connectivity index (χ3n) is 2.92. The van der Waals surface area contributed by atoms with E-state index in [0.29, 0.717) is 22.6 Å². The van der Waals surface area contributed by atoms with Crippen molar-refractivity contribution in [2.24, 2.45) is 5.84 Å². The Hall–Kier alpha value is -1.73. The Bertz CT molecular complexity index is 646. The van der Waals surface area contributed by atoms with Gasteiger partial charge in [-0.25, -0.2) is 24.6 Å². The molecule has 0 amide bonds. The maximum Gasteiger partial charge on any atom is 0.144 e. The van der Waals surface area contributed by atoms with Gasteiger partial charge in [-0.15, -0.1) is 0 Å². The number of benzene rings is 1. The second-order valence-corrected chi connectivity index (χ2v) is 5.61. The third kappa shape index (κ3) is 2.88. The van der Waals surface area contributed by atoms with Crippen LogP contribution in [0.25, 0.3) is 0 Å². The van der Waals surface area contributed by atoms with Gasteiger partial charge in [-0.3, -0.25) is 0 Å². The second kappa shape index (κ2) is 5.34. The molecule has 20 heavy (non-hydrogen) atoms. The fourth-order valence-electron chi connectivity index (χ4n) is 1.76. The topological polar surface area (TPSA) is 63.8 Å². The van der Waals surface area contributed by atoms with Gasteiger partial charge in [-0.2, -0.15) is 0 Å². The highest BCUT2D eigenvalue weighted by Gasteiger charge is 2.27. The van der Waals surface area contributed by atoms with Crippen LogP contribution in [0.2, 0.25) is 0 Å². The summed E-state index contributed by atoms with van der Waals surface area (Å²) in [7, 11) is 0. The molecule has 0 bridgehead atoms. The monoisotopic (exact) mass is 294 g/mol. The first-order chi connectivity index (χ1) is 9.65. The number of aromatic nitrogens is 2. The van der Waals surface area contributed by atoms with Gasteiger partial charge < -0.3 is 5.43 Å². The molecule has 104 valence electrons. The van der Waals surface area contributed by atoms with Crippen LogP contribution in [-0.4, -0.2) is 9.97 Å². The van der Waals surface area contributed by atoms with E-state index in [0.717, 1.165) is 42.8 Å². The number of halogens is 2. The van der Waals surface area contributed by atoms with Crippen LogP contribution in [0.5, 0.6) is 0 Å². The lowest BCUT2D eigenvalue weighted by Gasteiger charge is -2.07. The maximum atomic E-state index is 13.6. The van der Waals surface area contributed by atoms with E-state index in [1.807, 2.05) is 0 Å². The summed E-state index contributed by atoms with van der Waals surface area (Å²) in [4.78, 5) is 8.83. The molecular weight excluding hydrogens is 282 g/mol. The molecule has 1 aromatic heterocycles. The van der Waals surface area contributed by atoms with Crippen molar-refractivity contribution in [2.75, 3.05) is 5.43 Å². The van der Waals surface area contributed by atoms with Crippen LogP contribution in [0.4, 0.5) is 14.6 Å². The highest BCUT2D eigenvalue weighted by atomic mass is 32.2. The normalized spacial score (nSPS) is 14.3. The first-order valence-corrected chi connectivity index (χ1v) is 6.96. The van der Waals surface area contributed by atoms with Crippen LogP contribution in [-0.2, 0) is 0 Å². The second-order valence-electron chi connectivity index (χ2n) is 4.55. The van der Waals surface area contributed by atoms with E-state index >= 15 is 0 Å². The molecule has 0 radical (unpaired) electrons. The van der Waals surface area contributed by atoms with Crippen LogP contribution in [0.15, 0.2) is 34.2 Å². The lowest BCUT2D eigenvalue weighted by atomic mass is 10.3. The predicted octanol–water partition coefficient (Wildman–Crippen LogP) is 3.07. The van der Waals surface area contributed by atoms with Gasteiger partial charge in [-0.1, -0.05) is 11.8 Å². The van der Waals surface area contributed by atoms with Crippen LogP contribution in [0, 0.1) is 11.6 Å². The average molecular weight is 294 g/mol. The molecule has 0 saturated heterocycles. The number of anilines is 1. The van der Waals surface area contributed by atoms with Gasteiger partial charge in [0.1, 0.15) is 28.3 Å². The van der Waals surface area contributed by atoms with Gasteiger partial charge in [0.05, 0.1) is 4.90 Å². The number of hydrogen-bond acceptors (Lipinski definition) is 5. The Labute approximate surface area is 118 Å². The molecule has 1 aliphatic rings. The SMILES string of the molecule is NNc1cc(Sc2cc(F)ccc2F)nc(C2CC2)n1. The van der Waals surface area contributed by atoms with Crippen molar-refractivity contribution < 1.29 is 8.78 Å². The fraction of sp³-hybridized carbons (Fsp3) is 0.231. The summed E-state index contributed by atoms with van der Waals surface area (Å²) in [5, 5.41) is 0.541. The van der Waals surface area contributed by atoms with Crippen molar-refractivity contribution in [1.29, 1.82) is 0 Å². The van der Waals surface area contributed by atoms with E-state index in [1.165, 1.54) is 0 Å². The number of nitrogen functional groups attached to an aromatic ring is 1. The van der Waals surface area contributed by atoms with Gasteiger partial charge in [0.2, 0.25) is 0 Å². The summed E-state index contributed by atoms with van der Waals surface area (Å²) in [5.74, 6) is 5.92. The zero-order valence-electron chi connectivity index (χ0n) is 10.4. The van der Waals surface area contributed by atoms with E-state index < -0.39 is 11.6 Å². The van der Waals surface area contributed by atoms with Crippen molar-refractivity contribution in [3.63, 3.8) is 0 Å². The van der Waals surface area contributed by atoms with Crippen molar-refractivity contribution in [3.05, 3.63) is 41.7 Å². The predicted molar refractivity (Wildman–Crippen MR) is 72.3 cm³/mol. The van der Waals surface area contributed by atoms with Crippen molar-refractivity contribution in [3.8, 4) is 0 Å². The van der Waals surface area contributed by atoms with Gasteiger partial charge >= 0.3 is 0 Å². The Kier molecular flexibility index (Phi) is 3.54. The molecule has 0 aliphatic heterocycles. The molecule has 4 nitrogen and oxygen atoms in total. The van der Waals surface area contributed by atoms with Gasteiger partial charge in [0.15, 0.2) is 0 Å². The van der Waals surface area contributed by atoms with Crippen LogP contribution < -0.4 is 11.3 Å². The number of hydrogen-bond donors (Lipinski definition) is 2. The zero-order chi connectivity index (χ0) is 14.1. The average Bonchev–Trinajstić information content (AvgIpc) is 3.27. The lowest BCUT2D eigenvalue weighted by molar-refractivity contribution is 0.577. The molecule has 0 unspecified atom stereocenters. The minimum Gasteiger partial charge on any atom is -0.308 e. The number of rotatable bonds is 4. The molecule has 0 atom stereocenters. The quantitative estimate of drug-likeness (QED) is 0.515. The van der Waals surface area contributed by atoms with E-state index in [1.54, 1.807) is 6.07 Å². The molecule has 1 saturated carbocycles. The molecule has 3 N–H and O–H groups in total. The van der Waals surface area contributed by atoms with E-state index in [2.05, 4.69) is 15.4 Å². The Balaban J connectivity index is 1.93. The molecule has 2 aromatic rings. The van der Waals surface area contributed by atoms with Crippen molar-refractivity contribution in [1.82, 2.24) is 9.97 Å². The van der Waals surface area contributed by atoms with Gasteiger partial charge in [-0.05, 0) is 31.0 Å². The first-order valence-electron chi connectivity index (χ1n) is 6.14. The summed E-state index contributed by atoms with van der Waals surface area (Å²) in [6.45, 7) is 0. The molecule has 7 heteroatoms. The standard InChI is InChI=1S/C13H12F2N4S/c14-8-3-4-9(15)10(5-8)20-12-6-11(19-16)17-13(18-12)7-1-2-7/h3-7H,1-2,16H2,(H,17,18,19). The fourth-order valence-corrected chi connectivity index (χ4v) is 2.63.